The first-order chi connectivity index (χ1) is 5.54. The molecule has 0 amide bonds. The van der Waals surface area contributed by atoms with Gasteiger partial charge in [-0.15, -0.1) is 0 Å². The lowest BCUT2D eigenvalue weighted by Gasteiger charge is -2.20. The van der Waals surface area contributed by atoms with E-state index in [0.717, 1.165) is 5.57 Å². The van der Waals surface area contributed by atoms with Crippen LogP contribution < -0.4 is 5.73 Å². The van der Waals surface area contributed by atoms with Crippen molar-refractivity contribution in [3.8, 4) is 0 Å². The zero-order valence-electron chi connectivity index (χ0n) is 8.72. The van der Waals surface area contributed by atoms with Gasteiger partial charge in [-0.3, -0.25) is 0 Å². The Morgan fingerprint density at radius 3 is 2.17 bits per heavy atom. The van der Waals surface area contributed by atoms with Crippen molar-refractivity contribution in [1.29, 1.82) is 0 Å². The second-order valence-corrected chi connectivity index (χ2v) is 3.53. The molecule has 1 atom stereocenters. The first-order valence-corrected chi connectivity index (χ1v) is 4.58. The Hall–Kier alpha value is -0.560. The Morgan fingerprint density at radius 2 is 1.92 bits per heavy atom. The summed E-state index contributed by atoms with van der Waals surface area (Å²) in [4.78, 5) is 0. The molecular weight excluding hydrogens is 146 g/mol. The molecule has 0 saturated heterocycles. The van der Waals surface area contributed by atoms with E-state index in [1.165, 1.54) is 5.57 Å². The van der Waals surface area contributed by atoms with Crippen molar-refractivity contribution in [3.05, 3.63) is 23.8 Å². The highest BCUT2D eigenvalue weighted by molar-refractivity contribution is 5.19. The Kier molecular flexibility index (Phi) is 4.91. The molecule has 0 aromatic heterocycles. The minimum atomic E-state index is 0.431. The lowest BCUT2D eigenvalue weighted by Crippen LogP contribution is -2.14. The van der Waals surface area contributed by atoms with Crippen LogP contribution in [-0.4, -0.2) is 6.54 Å². The average Bonchev–Trinajstić information content (AvgIpc) is 2.03. The van der Waals surface area contributed by atoms with Gasteiger partial charge >= 0.3 is 0 Å². The molecule has 0 fully saturated rings. The van der Waals surface area contributed by atoms with Crippen molar-refractivity contribution in [2.75, 3.05) is 6.54 Å². The Labute approximate surface area is 76.3 Å². The second-order valence-electron chi connectivity index (χ2n) is 3.53. The van der Waals surface area contributed by atoms with Crippen molar-refractivity contribution in [2.24, 2.45) is 17.6 Å². The summed E-state index contributed by atoms with van der Waals surface area (Å²) in [6, 6.07) is 0. The molecule has 0 aliphatic rings. The molecular formula is C11H21N. The summed E-state index contributed by atoms with van der Waals surface area (Å²) in [5, 5.41) is 0. The Balaban J connectivity index is 4.44. The largest absolute Gasteiger partial charge is 0.327 e. The van der Waals surface area contributed by atoms with Gasteiger partial charge in [-0.25, -0.2) is 0 Å². The van der Waals surface area contributed by atoms with Gasteiger partial charge in [0.05, 0.1) is 0 Å². The van der Waals surface area contributed by atoms with E-state index >= 15 is 0 Å². The van der Waals surface area contributed by atoms with E-state index in [-0.39, 0.29) is 0 Å². The standard InChI is InChI=1S/C11H21N/c1-6-11(8(2)3)10(5)9(4)7-12/h6,8,10H,4,7,12H2,1-3,5H3. The SMILES string of the molecule is C=C(CN)C(C)C(=CC)C(C)C. The summed E-state index contributed by atoms with van der Waals surface area (Å²) in [7, 11) is 0. The van der Waals surface area contributed by atoms with E-state index in [2.05, 4.69) is 40.3 Å². The van der Waals surface area contributed by atoms with Crippen LogP contribution in [0.5, 0.6) is 0 Å². The van der Waals surface area contributed by atoms with Crippen LogP contribution in [0, 0.1) is 11.8 Å². The summed E-state index contributed by atoms with van der Waals surface area (Å²) >= 11 is 0. The van der Waals surface area contributed by atoms with Crippen LogP contribution >= 0.6 is 0 Å². The number of nitrogens with two attached hydrogens (primary N) is 1. The smallest absolute Gasteiger partial charge is 0.0140 e. The third kappa shape index (κ3) is 2.82. The molecule has 0 heterocycles. The van der Waals surface area contributed by atoms with Gasteiger partial charge < -0.3 is 5.73 Å². The van der Waals surface area contributed by atoms with E-state index in [9.17, 15) is 0 Å². The summed E-state index contributed by atoms with van der Waals surface area (Å²) in [6.45, 7) is 13.2. The molecule has 0 rings (SSSR count). The topological polar surface area (TPSA) is 26.0 Å². The number of allylic oxidation sites excluding steroid dienone is 2. The van der Waals surface area contributed by atoms with Gasteiger partial charge in [0.25, 0.3) is 0 Å². The fraction of sp³-hybridized carbons (Fsp3) is 0.636. The molecule has 0 radical (unpaired) electrons. The van der Waals surface area contributed by atoms with Crippen LogP contribution in [0.1, 0.15) is 27.7 Å². The van der Waals surface area contributed by atoms with Crippen LogP contribution in [0.25, 0.3) is 0 Å². The zero-order chi connectivity index (χ0) is 9.72. The van der Waals surface area contributed by atoms with Crippen molar-refractivity contribution in [1.82, 2.24) is 0 Å². The molecule has 0 saturated carbocycles. The molecule has 2 N–H and O–H groups in total. The molecule has 0 aliphatic heterocycles. The first-order valence-electron chi connectivity index (χ1n) is 4.58. The Bertz CT molecular complexity index is 177. The van der Waals surface area contributed by atoms with E-state index < -0.39 is 0 Å². The highest BCUT2D eigenvalue weighted by Crippen LogP contribution is 2.24. The summed E-state index contributed by atoms with van der Waals surface area (Å²) in [6.07, 6.45) is 2.18. The van der Waals surface area contributed by atoms with Gasteiger partial charge in [-0.1, -0.05) is 44.6 Å². The quantitative estimate of drug-likeness (QED) is 0.640. The number of hydrogen-bond donors (Lipinski definition) is 1. The van der Waals surface area contributed by atoms with Gasteiger partial charge in [0.15, 0.2) is 0 Å². The first kappa shape index (κ1) is 11.4. The van der Waals surface area contributed by atoms with Gasteiger partial charge in [-0.05, 0) is 18.8 Å². The van der Waals surface area contributed by atoms with Crippen LogP contribution in [0.15, 0.2) is 23.8 Å². The fourth-order valence-electron chi connectivity index (χ4n) is 1.50. The monoisotopic (exact) mass is 167 g/mol. The maximum atomic E-state index is 5.54. The maximum Gasteiger partial charge on any atom is 0.0140 e. The summed E-state index contributed by atoms with van der Waals surface area (Å²) in [5.41, 5.74) is 8.10. The highest BCUT2D eigenvalue weighted by Gasteiger charge is 2.12. The minimum Gasteiger partial charge on any atom is -0.327 e. The summed E-state index contributed by atoms with van der Waals surface area (Å²) < 4.78 is 0. The molecule has 0 aromatic carbocycles. The molecule has 1 nitrogen and oxygen atoms in total. The van der Waals surface area contributed by atoms with Crippen LogP contribution in [0.3, 0.4) is 0 Å². The van der Waals surface area contributed by atoms with Gasteiger partial charge in [0, 0.05) is 6.54 Å². The van der Waals surface area contributed by atoms with E-state index in [1.807, 2.05) is 0 Å². The predicted octanol–water partition coefficient (Wildman–Crippen LogP) is 2.74. The highest BCUT2D eigenvalue weighted by atomic mass is 14.5. The van der Waals surface area contributed by atoms with Crippen LogP contribution in [-0.2, 0) is 0 Å². The molecule has 0 spiro atoms. The van der Waals surface area contributed by atoms with E-state index in [4.69, 9.17) is 5.73 Å². The van der Waals surface area contributed by atoms with Gasteiger partial charge in [0.2, 0.25) is 0 Å². The third-order valence-corrected chi connectivity index (χ3v) is 2.37. The maximum absolute atomic E-state index is 5.54. The number of rotatable bonds is 4. The average molecular weight is 167 g/mol. The molecule has 0 aromatic rings. The van der Waals surface area contributed by atoms with Crippen LogP contribution in [0.4, 0.5) is 0 Å². The van der Waals surface area contributed by atoms with Crippen molar-refractivity contribution < 1.29 is 0 Å². The normalized spacial score (nSPS) is 15.0. The van der Waals surface area contributed by atoms with Crippen molar-refractivity contribution >= 4 is 0 Å². The predicted molar refractivity (Wildman–Crippen MR) is 56.0 cm³/mol. The van der Waals surface area contributed by atoms with Crippen molar-refractivity contribution in [2.45, 2.75) is 27.7 Å². The zero-order valence-corrected chi connectivity index (χ0v) is 8.72. The summed E-state index contributed by atoms with van der Waals surface area (Å²) in [5.74, 6) is 1.02. The lowest BCUT2D eigenvalue weighted by atomic mass is 9.86. The molecule has 0 bridgehead atoms. The Morgan fingerprint density at radius 1 is 1.42 bits per heavy atom. The van der Waals surface area contributed by atoms with Crippen molar-refractivity contribution in [3.63, 3.8) is 0 Å². The molecule has 1 unspecified atom stereocenters. The fourth-order valence-corrected chi connectivity index (χ4v) is 1.50. The van der Waals surface area contributed by atoms with Gasteiger partial charge in [-0.2, -0.15) is 0 Å². The lowest BCUT2D eigenvalue weighted by molar-refractivity contribution is 0.635. The van der Waals surface area contributed by atoms with Crippen LogP contribution in [0.2, 0.25) is 0 Å². The van der Waals surface area contributed by atoms with E-state index in [1.54, 1.807) is 0 Å². The molecule has 12 heavy (non-hydrogen) atoms. The molecule has 70 valence electrons. The molecule has 1 heteroatoms. The van der Waals surface area contributed by atoms with Gasteiger partial charge in [0.1, 0.15) is 0 Å². The minimum absolute atomic E-state index is 0.431. The second kappa shape index (κ2) is 5.15. The molecule has 0 aliphatic carbocycles. The number of hydrogen-bond acceptors (Lipinski definition) is 1. The van der Waals surface area contributed by atoms with E-state index in [0.29, 0.717) is 18.4 Å². The third-order valence-electron chi connectivity index (χ3n) is 2.37.